The summed E-state index contributed by atoms with van der Waals surface area (Å²) in [6, 6.07) is -1.77. The second kappa shape index (κ2) is 13.3. The van der Waals surface area contributed by atoms with Gasteiger partial charge in [0.15, 0.2) is 5.78 Å². The number of nitrogens with two attached hydrogens (primary N) is 1. The second-order valence-corrected chi connectivity index (χ2v) is 10.0. The molecule has 8 heteroatoms. The fourth-order valence-electron chi connectivity index (χ4n) is 5.09. The summed E-state index contributed by atoms with van der Waals surface area (Å²) < 4.78 is 0. The van der Waals surface area contributed by atoms with Gasteiger partial charge in [0.1, 0.15) is 6.04 Å². The van der Waals surface area contributed by atoms with E-state index in [0.717, 1.165) is 13.0 Å². The maximum atomic E-state index is 13.0. The van der Waals surface area contributed by atoms with Gasteiger partial charge in [0.2, 0.25) is 11.8 Å². The molecule has 2 amide bonds. The van der Waals surface area contributed by atoms with E-state index in [0.29, 0.717) is 37.8 Å². The Labute approximate surface area is 192 Å². The van der Waals surface area contributed by atoms with Crippen LogP contribution in [0.5, 0.6) is 0 Å². The minimum absolute atomic E-state index is 0.0747. The maximum absolute atomic E-state index is 13.0. The first-order valence-electron chi connectivity index (χ1n) is 12.5. The molecule has 1 saturated heterocycles. The summed E-state index contributed by atoms with van der Waals surface area (Å²) in [5, 5.41) is 19.1. The zero-order chi connectivity index (χ0) is 23.7. The van der Waals surface area contributed by atoms with Crippen LogP contribution in [0.15, 0.2) is 0 Å². The van der Waals surface area contributed by atoms with Crippen molar-refractivity contribution < 1.29 is 19.5 Å². The van der Waals surface area contributed by atoms with Crippen molar-refractivity contribution in [3.8, 4) is 0 Å². The first-order chi connectivity index (χ1) is 15.2. The Balaban J connectivity index is 1.98. The van der Waals surface area contributed by atoms with Crippen LogP contribution in [0.1, 0.15) is 72.1 Å². The van der Waals surface area contributed by atoms with Crippen LogP contribution < -0.4 is 21.7 Å². The minimum atomic E-state index is -1.10. The highest BCUT2D eigenvalue weighted by atomic mass is 16.3. The molecule has 1 heterocycles. The van der Waals surface area contributed by atoms with Gasteiger partial charge >= 0.3 is 0 Å². The molecule has 5 atom stereocenters. The highest BCUT2D eigenvalue weighted by molar-refractivity contribution is 5.94. The van der Waals surface area contributed by atoms with Crippen molar-refractivity contribution in [2.45, 2.75) is 90.3 Å². The molecule has 0 spiro atoms. The third kappa shape index (κ3) is 7.81. The monoisotopic (exact) mass is 452 g/mol. The summed E-state index contributed by atoms with van der Waals surface area (Å²) in [6.07, 6.45) is 7.07. The lowest BCUT2D eigenvalue weighted by Gasteiger charge is -2.37. The lowest BCUT2D eigenvalue weighted by molar-refractivity contribution is -0.136. The maximum Gasteiger partial charge on any atom is 0.245 e. The average Bonchev–Trinajstić information content (AvgIpc) is 2.79. The van der Waals surface area contributed by atoms with Gasteiger partial charge in [-0.2, -0.15) is 0 Å². The lowest BCUT2D eigenvalue weighted by Crippen LogP contribution is -2.58. The summed E-state index contributed by atoms with van der Waals surface area (Å²) in [4.78, 5) is 38.5. The third-order valence-electron chi connectivity index (χ3n) is 7.06. The van der Waals surface area contributed by atoms with Crippen molar-refractivity contribution >= 4 is 17.6 Å². The lowest BCUT2D eigenvalue weighted by atomic mass is 9.74. The Morgan fingerprint density at radius 1 is 1.03 bits per heavy atom. The van der Waals surface area contributed by atoms with E-state index >= 15 is 0 Å². The van der Waals surface area contributed by atoms with E-state index in [9.17, 15) is 19.5 Å². The van der Waals surface area contributed by atoms with Crippen LogP contribution in [-0.4, -0.2) is 60.5 Å². The molecule has 2 rings (SSSR count). The Hall–Kier alpha value is -1.51. The van der Waals surface area contributed by atoms with Crippen LogP contribution >= 0.6 is 0 Å². The molecular formula is C24H44N4O4. The summed E-state index contributed by atoms with van der Waals surface area (Å²) in [6.45, 7) is 7.00. The summed E-state index contributed by atoms with van der Waals surface area (Å²) >= 11 is 0. The number of hydrogen-bond acceptors (Lipinski definition) is 6. The predicted molar refractivity (Wildman–Crippen MR) is 125 cm³/mol. The topological polar surface area (TPSA) is 134 Å². The molecule has 1 aliphatic carbocycles. The van der Waals surface area contributed by atoms with E-state index in [1.807, 2.05) is 0 Å². The van der Waals surface area contributed by atoms with Crippen molar-refractivity contribution in [3.63, 3.8) is 0 Å². The zero-order valence-electron chi connectivity index (χ0n) is 20.1. The summed E-state index contributed by atoms with van der Waals surface area (Å²) in [7, 11) is 0. The molecule has 8 nitrogen and oxygen atoms in total. The average molecular weight is 453 g/mol. The minimum Gasteiger partial charge on any atom is -0.391 e. The van der Waals surface area contributed by atoms with Crippen molar-refractivity contribution in [1.29, 1.82) is 0 Å². The van der Waals surface area contributed by atoms with Gasteiger partial charge in [-0.1, -0.05) is 46.0 Å². The van der Waals surface area contributed by atoms with Crippen LogP contribution in [0.2, 0.25) is 0 Å². The Kier molecular flexibility index (Phi) is 11.1. The van der Waals surface area contributed by atoms with Gasteiger partial charge in [-0.05, 0) is 51.1 Å². The first-order valence-corrected chi connectivity index (χ1v) is 12.5. The number of amides is 2. The molecule has 32 heavy (non-hydrogen) atoms. The number of Topliss-reactive ketones (excluding diaryl/α,β-unsaturated/α-hetero) is 1. The SMILES string of the molecule is CC(C)C(=O)[C@H](CCCN)NC(=O)[C@@H](NC(=O)C1CNC[C@@H](C2CCCCC2)C1)[C@H](C)O. The molecule has 6 N–H and O–H groups in total. The van der Waals surface area contributed by atoms with Crippen molar-refractivity contribution in [3.05, 3.63) is 0 Å². The molecule has 0 aromatic carbocycles. The van der Waals surface area contributed by atoms with Gasteiger partial charge in [-0.3, -0.25) is 14.4 Å². The van der Waals surface area contributed by atoms with Gasteiger partial charge in [0.05, 0.1) is 18.1 Å². The van der Waals surface area contributed by atoms with Gasteiger partial charge in [-0.15, -0.1) is 0 Å². The van der Waals surface area contributed by atoms with Gasteiger partial charge < -0.3 is 26.8 Å². The van der Waals surface area contributed by atoms with Crippen molar-refractivity contribution in [2.24, 2.45) is 29.4 Å². The molecule has 1 unspecified atom stereocenters. The largest absolute Gasteiger partial charge is 0.391 e. The number of hydrogen-bond donors (Lipinski definition) is 5. The number of ketones is 1. The molecule has 0 aromatic heterocycles. The van der Waals surface area contributed by atoms with Crippen molar-refractivity contribution in [1.82, 2.24) is 16.0 Å². The van der Waals surface area contributed by atoms with E-state index in [1.54, 1.807) is 13.8 Å². The highest BCUT2D eigenvalue weighted by Crippen LogP contribution is 2.34. The molecule has 2 fully saturated rings. The highest BCUT2D eigenvalue weighted by Gasteiger charge is 2.35. The molecule has 0 bridgehead atoms. The molecule has 0 aromatic rings. The number of aliphatic hydroxyl groups excluding tert-OH is 1. The van der Waals surface area contributed by atoms with E-state index in [2.05, 4.69) is 16.0 Å². The number of carbonyl (C=O) groups excluding carboxylic acids is 3. The smallest absolute Gasteiger partial charge is 0.245 e. The van der Waals surface area contributed by atoms with Crippen LogP contribution in [0.4, 0.5) is 0 Å². The van der Waals surface area contributed by atoms with Crippen LogP contribution in [-0.2, 0) is 14.4 Å². The Morgan fingerprint density at radius 2 is 1.72 bits per heavy atom. The van der Waals surface area contributed by atoms with E-state index in [-0.39, 0.29) is 23.5 Å². The first kappa shape index (κ1) is 26.7. The zero-order valence-corrected chi connectivity index (χ0v) is 20.1. The van der Waals surface area contributed by atoms with Crippen LogP contribution in [0.3, 0.4) is 0 Å². The number of nitrogens with one attached hydrogen (secondary N) is 3. The molecule has 184 valence electrons. The second-order valence-electron chi connectivity index (χ2n) is 10.0. The van der Waals surface area contributed by atoms with Crippen molar-refractivity contribution in [2.75, 3.05) is 19.6 Å². The predicted octanol–water partition coefficient (Wildman–Crippen LogP) is 1.11. The van der Waals surface area contributed by atoms with Gasteiger partial charge in [0, 0.05) is 12.5 Å². The number of rotatable bonds is 11. The quantitative estimate of drug-likeness (QED) is 0.319. The summed E-state index contributed by atoms with van der Waals surface area (Å²) in [5.74, 6) is -0.146. The number of aliphatic hydroxyl groups is 1. The summed E-state index contributed by atoms with van der Waals surface area (Å²) in [5.41, 5.74) is 5.58. The van der Waals surface area contributed by atoms with Crippen LogP contribution in [0, 0.1) is 23.7 Å². The fourth-order valence-corrected chi connectivity index (χ4v) is 5.09. The van der Waals surface area contributed by atoms with E-state index < -0.39 is 24.1 Å². The fraction of sp³-hybridized carbons (Fsp3) is 0.875. The molecular weight excluding hydrogens is 408 g/mol. The molecule has 0 radical (unpaired) electrons. The standard InChI is InChI=1S/C24H44N4O4/c1-15(2)22(30)20(10-7-11-25)27-24(32)21(16(3)29)28-23(31)19-12-18(13-26-14-19)17-8-5-4-6-9-17/h15-21,26,29H,4-14,25H2,1-3H3,(H,27,32)(H,28,31)/t16-,18-,19?,20-,21-/m0/s1. The third-order valence-corrected chi connectivity index (χ3v) is 7.06. The Morgan fingerprint density at radius 3 is 2.31 bits per heavy atom. The van der Waals surface area contributed by atoms with E-state index in [1.165, 1.54) is 39.0 Å². The normalized spacial score (nSPS) is 25.1. The van der Waals surface area contributed by atoms with Gasteiger partial charge in [0.25, 0.3) is 0 Å². The van der Waals surface area contributed by atoms with Crippen LogP contribution in [0.25, 0.3) is 0 Å². The molecule has 1 saturated carbocycles. The number of piperidine rings is 1. The number of carbonyl (C=O) groups is 3. The Bertz CT molecular complexity index is 619. The molecule has 1 aliphatic heterocycles. The van der Waals surface area contributed by atoms with Gasteiger partial charge in [-0.25, -0.2) is 0 Å². The van der Waals surface area contributed by atoms with E-state index in [4.69, 9.17) is 5.73 Å². The molecule has 2 aliphatic rings.